The lowest BCUT2D eigenvalue weighted by atomic mass is 9.82. The van der Waals surface area contributed by atoms with Gasteiger partial charge in [0.2, 0.25) is 0 Å². The van der Waals surface area contributed by atoms with Gasteiger partial charge < -0.3 is 10.0 Å². The van der Waals surface area contributed by atoms with Crippen molar-refractivity contribution in [2.75, 3.05) is 39.3 Å². The van der Waals surface area contributed by atoms with Crippen LogP contribution < -0.4 is 0 Å². The lowest BCUT2D eigenvalue weighted by molar-refractivity contribution is -0.138. The highest BCUT2D eigenvalue weighted by molar-refractivity contribution is 5.69. The fraction of sp³-hybridized carbons (Fsp3) is 0.588. The number of aliphatic carboxylic acids is 1. The average Bonchev–Trinajstić information content (AvgIpc) is 2.49. The standard InChI is InChI=1S/C17H24N2O2/c20-17(21)13-19-10-8-18(9-11-19)12-15-6-3-5-14-4-1-2-7-16(14)15/h1-2,4,7,15H,3,5-6,8-13H2,(H,20,21). The van der Waals surface area contributed by atoms with Crippen LogP contribution in [0.5, 0.6) is 0 Å². The van der Waals surface area contributed by atoms with Crippen LogP contribution in [0.2, 0.25) is 0 Å². The van der Waals surface area contributed by atoms with Crippen molar-refractivity contribution in [1.82, 2.24) is 9.80 Å². The van der Waals surface area contributed by atoms with E-state index in [1.165, 1.54) is 30.4 Å². The molecule has 1 saturated heterocycles. The Hall–Kier alpha value is -1.39. The topological polar surface area (TPSA) is 43.8 Å². The van der Waals surface area contributed by atoms with E-state index in [0.29, 0.717) is 5.92 Å². The monoisotopic (exact) mass is 288 g/mol. The maximum absolute atomic E-state index is 10.7. The van der Waals surface area contributed by atoms with Gasteiger partial charge in [-0.1, -0.05) is 24.3 Å². The summed E-state index contributed by atoms with van der Waals surface area (Å²) in [6, 6.07) is 8.86. The maximum Gasteiger partial charge on any atom is 0.317 e. The summed E-state index contributed by atoms with van der Waals surface area (Å²) in [4.78, 5) is 15.3. The number of hydrogen-bond donors (Lipinski definition) is 1. The van der Waals surface area contributed by atoms with E-state index in [9.17, 15) is 4.79 Å². The van der Waals surface area contributed by atoms with E-state index >= 15 is 0 Å². The first-order chi connectivity index (χ1) is 10.2. The highest BCUT2D eigenvalue weighted by Crippen LogP contribution is 2.32. The number of piperazine rings is 1. The third kappa shape index (κ3) is 3.63. The molecule has 1 atom stereocenters. The second kappa shape index (κ2) is 6.58. The molecule has 21 heavy (non-hydrogen) atoms. The Labute approximate surface area is 126 Å². The van der Waals surface area contributed by atoms with E-state index in [4.69, 9.17) is 5.11 Å². The Morgan fingerprint density at radius 1 is 1.14 bits per heavy atom. The molecule has 114 valence electrons. The normalized spacial score (nSPS) is 23.7. The molecule has 1 heterocycles. The summed E-state index contributed by atoms with van der Waals surface area (Å²) in [6.07, 6.45) is 3.80. The highest BCUT2D eigenvalue weighted by atomic mass is 16.4. The van der Waals surface area contributed by atoms with Crippen molar-refractivity contribution in [3.63, 3.8) is 0 Å². The molecule has 0 saturated carbocycles. The van der Waals surface area contributed by atoms with Gasteiger partial charge in [-0.2, -0.15) is 0 Å². The van der Waals surface area contributed by atoms with Gasteiger partial charge in [0.1, 0.15) is 0 Å². The third-order valence-electron chi connectivity index (χ3n) is 4.80. The van der Waals surface area contributed by atoms with Gasteiger partial charge in [-0.3, -0.25) is 9.69 Å². The van der Waals surface area contributed by atoms with E-state index < -0.39 is 5.97 Å². The highest BCUT2D eigenvalue weighted by Gasteiger charge is 2.24. The van der Waals surface area contributed by atoms with Crippen LogP contribution in [0.25, 0.3) is 0 Å². The Morgan fingerprint density at radius 3 is 2.62 bits per heavy atom. The van der Waals surface area contributed by atoms with Gasteiger partial charge in [-0.15, -0.1) is 0 Å². The van der Waals surface area contributed by atoms with Crippen LogP contribution in [-0.2, 0) is 11.2 Å². The summed E-state index contributed by atoms with van der Waals surface area (Å²) in [5.74, 6) is -0.0642. The largest absolute Gasteiger partial charge is 0.480 e. The number of rotatable bonds is 4. The first kappa shape index (κ1) is 14.5. The van der Waals surface area contributed by atoms with E-state index in [0.717, 1.165) is 32.7 Å². The zero-order chi connectivity index (χ0) is 14.7. The summed E-state index contributed by atoms with van der Waals surface area (Å²) in [5, 5.41) is 8.85. The molecule has 1 aliphatic heterocycles. The molecule has 0 aromatic heterocycles. The number of hydrogen-bond acceptors (Lipinski definition) is 3. The van der Waals surface area contributed by atoms with E-state index in [1.54, 1.807) is 0 Å². The van der Waals surface area contributed by atoms with Crippen LogP contribution >= 0.6 is 0 Å². The number of fused-ring (bicyclic) bond motifs is 1. The summed E-state index contributed by atoms with van der Waals surface area (Å²) in [5.41, 5.74) is 3.06. The molecule has 2 aliphatic rings. The molecule has 4 nitrogen and oxygen atoms in total. The zero-order valence-electron chi connectivity index (χ0n) is 12.5. The van der Waals surface area contributed by atoms with Gasteiger partial charge >= 0.3 is 5.97 Å². The Kier molecular flexibility index (Phi) is 4.56. The van der Waals surface area contributed by atoms with Gasteiger partial charge in [0.15, 0.2) is 0 Å². The fourth-order valence-corrected chi connectivity index (χ4v) is 3.68. The molecule has 1 unspecified atom stereocenters. The van der Waals surface area contributed by atoms with Crippen molar-refractivity contribution in [2.24, 2.45) is 0 Å². The molecule has 0 amide bonds. The van der Waals surface area contributed by atoms with Gasteiger partial charge in [0.25, 0.3) is 0 Å². The first-order valence-electron chi connectivity index (χ1n) is 7.96. The number of nitrogens with zero attached hydrogens (tertiary/aromatic N) is 2. The van der Waals surface area contributed by atoms with Crippen LogP contribution in [0.4, 0.5) is 0 Å². The minimum Gasteiger partial charge on any atom is -0.480 e. The van der Waals surface area contributed by atoms with E-state index in [2.05, 4.69) is 29.2 Å². The maximum atomic E-state index is 10.7. The van der Waals surface area contributed by atoms with Crippen molar-refractivity contribution in [2.45, 2.75) is 25.2 Å². The number of carboxylic acids is 1. The first-order valence-corrected chi connectivity index (χ1v) is 7.96. The molecular weight excluding hydrogens is 264 g/mol. The summed E-state index contributed by atoms with van der Waals surface area (Å²) < 4.78 is 0. The molecule has 1 aromatic carbocycles. The van der Waals surface area contributed by atoms with Crippen LogP contribution in [0.1, 0.15) is 29.9 Å². The van der Waals surface area contributed by atoms with Crippen molar-refractivity contribution < 1.29 is 9.90 Å². The molecule has 1 N–H and O–H groups in total. The van der Waals surface area contributed by atoms with Crippen molar-refractivity contribution in [3.05, 3.63) is 35.4 Å². The quantitative estimate of drug-likeness (QED) is 0.917. The molecule has 4 heteroatoms. The van der Waals surface area contributed by atoms with E-state index in [-0.39, 0.29) is 6.54 Å². The Bertz CT molecular complexity index is 495. The van der Waals surface area contributed by atoms with Gasteiger partial charge in [-0.05, 0) is 36.3 Å². The van der Waals surface area contributed by atoms with Crippen LogP contribution in [0, 0.1) is 0 Å². The summed E-state index contributed by atoms with van der Waals surface area (Å²) in [6.45, 7) is 5.04. The zero-order valence-corrected chi connectivity index (χ0v) is 12.5. The molecule has 1 aromatic rings. The molecule has 0 bridgehead atoms. The Balaban J connectivity index is 1.56. The molecule has 0 radical (unpaired) electrons. The SMILES string of the molecule is O=C(O)CN1CCN(CC2CCCc3ccccc32)CC1. The van der Waals surface area contributed by atoms with E-state index in [1.807, 2.05) is 4.90 Å². The molecule has 1 aliphatic carbocycles. The second-order valence-corrected chi connectivity index (χ2v) is 6.26. The lowest BCUT2D eigenvalue weighted by Crippen LogP contribution is -2.48. The number of carboxylic acid groups (broad SMARTS) is 1. The number of aryl methyl sites for hydroxylation is 1. The molecule has 0 spiro atoms. The van der Waals surface area contributed by atoms with Crippen LogP contribution in [0.3, 0.4) is 0 Å². The lowest BCUT2D eigenvalue weighted by Gasteiger charge is -2.37. The molecule has 3 rings (SSSR count). The number of carbonyl (C=O) groups is 1. The average molecular weight is 288 g/mol. The number of benzene rings is 1. The van der Waals surface area contributed by atoms with Crippen molar-refractivity contribution in [1.29, 1.82) is 0 Å². The smallest absolute Gasteiger partial charge is 0.317 e. The minimum absolute atomic E-state index is 0.181. The fourth-order valence-electron chi connectivity index (χ4n) is 3.68. The second-order valence-electron chi connectivity index (χ2n) is 6.26. The summed E-state index contributed by atoms with van der Waals surface area (Å²) in [7, 11) is 0. The van der Waals surface area contributed by atoms with Crippen molar-refractivity contribution in [3.8, 4) is 0 Å². The predicted octanol–water partition coefficient (Wildman–Crippen LogP) is 1.81. The molecule has 1 fully saturated rings. The van der Waals surface area contributed by atoms with Crippen LogP contribution in [-0.4, -0.2) is 60.1 Å². The van der Waals surface area contributed by atoms with Crippen molar-refractivity contribution >= 4 is 5.97 Å². The molecular formula is C17H24N2O2. The van der Waals surface area contributed by atoms with Gasteiger partial charge in [0, 0.05) is 32.7 Å². The minimum atomic E-state index is -0.718. The summed E-state index contributed by atoms with van der Waals surface area (Å²) >= 11 is 0. The predicted molar refractivity (Wildman–Crippen MR) is 82.6 cm³/mol. The third-order valence-corrected chi connectivity index (χ3v) is 4.80. The van der Waals surface area contributed by atoms with Gasteiger partial charge in [0.05, 0.1) is 6.54 Å². The van der Waals surface area contributed by atoms with Gasteiger partial charge in [-0.25, -0.2) is 0 Å². The van der Waals surface area contributed by atoms with Crippen LogP contribution in [0.15, 0.2) is 24.3 Å². The Morgan fingerprint density at radius 2 is 1.86 bits per heavy atom.